The number of anilines is 1. The van der Waals surface area contributed by atoms with Crippen molar-refractivity contribution in [1.82, 2.24) is 19.3 Å². The minimum atomic E-state index is -0.625. The Hall–Kier alpha value is -3.66. The Morgan fingerprint density at radius 3 is 2.77 bits per heavy atom. The molecule has 0 aliphatic heterocycles. The van der Waals surface area contributed by atoms with E-state index in [2.05, 4.69) is 22.0 Å². The number of hydrogen-bond donors (Lipinski definition) is 3. The minimum absolute atomic E-state index is 0.0313. The summed E-state index contributed by atoms with van der Waals surface area (Å²) in [5, 5.41) is 16.2. The highest BCUT2D eigenvalue weighted by Crippen LogP contribution is 2.31. The molecule has 0 radical (unpaired) electrons. The van der Waals surface area contributed by atoms with Crippen LogP contribution in [0, 0.1) is 6.92 Å². The Morgan fingerprint density at radius 1 is 1.35 bits per heavy atom. The zero-order valence-electron chi connectivity index (χ0n) is 17.6. The fourth-order valence-electron chi connectivity index (χ4n) is 3.27. The van der Waals surface area contributed by atoms with E-state index in [-0.39, 0.29) is 30.6 Å². The van der Waals surface area contributed by atoms with Crippen molar-refractivity contribution in [3.63, 3.8) is 0 Å². The van der Waals surface area contributed by atoms with Crippen LogP contribution >= 0.6 is 0 Å². The molecule has 3 aromatic rings. The third-order valence-electron chi connectivity index (χ3n) is 4.62. The van der Waals surface area contributed by atoms with Gasteiger partial charge in [-0.2, -0.15) is 5.10 Å². The number of benzene rings is 1. The van der Waals surface area contributed by atoms with Gasteiger partial charge in [-0.15, -0.1) is 6.58 Å². The molecule has 0 spiro atoms. The summed E-state index contributed by atoms with van der Waals surface area (Å²) in [4.78, 5) is 29.2. The molecule has 1 aromatic carbocycles. The molecule has 0 bridgehead atoms. The number of hydrogen-bond acceptors (Lipinski definition) is 6. The van der Waals surface area contributed by atoms with Gasteiger partial charge in [-0.05, 0) is 32.0 Å². The second-order valence-electron chi connectivity index (χ2n) is 6.91. The second kappa shape index (κ2) is 9.43. The topological polar surface area (TPSA) is 137 Å². The number of carbonyl (C=O) groups is 2. The fraction of sp³-hybridized carbons (Fsp3) is 0.333. The maximum absolute atomic E-state index is 12.9. The first-order valence-corrected chi connectivity index (χ1v) is 9.94. The van der Waals surface area contributed by atoms with Gasteiger partial charge in [0.25, 0.3) is 5.91 Å². The number of nitrogens with zero attached hydrogens (tertiary/aromatic N) is 4. The zero-order valence-corrected chi connectivity index (χ0v) is 17.6. The zero-order chi connectivity index (χ0) is 22.5. The molecule has 0 aliphatic rings. The lowest BCUT2D eigenvalue weighted by Crippen LogP contribution is -2.20. The van der Waals surface area contributed by atoms with Crippen molar-refractivity contribution in [2.45, 2.75) is 33.4 Å². The van der Waals surface area contributed by atoms with Gasteiger partial charge in [0.1, 0.15) is 17.0 Å². The first-order valence-electron chi connectivity index (χ1n) is 9.94. The van der Waals surface area contributed by atoms with E-state index in [1.807, 2.05) is 13.8 Å². The maximum atomic E-state index is 12.9. The van der Waals surface area contributed by atoms with Gasteiger partial charge in [-0.25, -0.2) is 4.98 Å². The number of nitrogens with two attached hydrogens (primary N) is 1. The summed E-state index contributed by atoms with van der Waals surface area (Å²) in [6, 6.07) is 4.78. The minimum Gasteiger partial charge on any atom is -0.491 e. The summed E-state index contributed by atoms with van der Waals surface area (Å²) in [6.45, 7) is 8.59. The van der Waals surface area contributed by atoms with Gasteiger partial charge < -0.3 is 20.1 Å². The van der Waals surface area contributed by atoms with Crippen molar-refractivity contribution in [2.24, 2.45) is 5.73 Å². The molecule has 0 saturated heterocycles. The van der Waals surface area contributed by atoms with Crippen LogP contribution in [-0.4, -0.2) is 49.5 Å². The Kier molecular flexibility index (Phi) is 6.71. The average Bonchev–Trinajstić information content (AvgIpc) is 3.28. The van der Waals surface area contributed by atoms with Crippen LogP contribution < -0.4 is 15.8 Å². The molecule has 31 heavy (non-hydrogen) atoms. The van der Waals surface area contributed by atoms with Crippen LogP contribution in [0.3, 0.4) is 0 Å². The monoisotopic (exact) mass is 426 g/mol. The summed E-state index contributed by atoms with van der Waals surface area (Å²) in [6.07, 6.45) is 2.08. The van der Waals surface area contributed by atoms with Crippen LogP contribution in [-0.2, 0) is 13.1 Å². The molecular formula is C21H26N6O4. The predicted octanol–water partition coefficient (Wildman–Crippen LogP) is 1.86. The number of fused-ring (bicyclic) bond motifs is 1. The number of ether oxygens (including phenoxy) is 1. The van der Waals surface area contributed by atoms with Crippen LogP contribution in [0.15, 0.2) is 30.9 Å². The molecule has 0 aliphatic carbocycles. The van der Waals surface area contributed by atoms with E-state index in [1.165, 1.54) is 6.07 Å². The Morgan fingerprint density at radius 2 is 2.13 bits per heavy atom. The number of primary amides is 1. The Labute approximate surface area is 179 Å². The van der Waals surface area contributed by atoms with Crippen molar-refractivity contribution in [3.05, 3.63) is 47.8 Å². The molecule has 4 N–H and O–H groups in total. The molecule has 10 nitrogen and oxygen atoms in total. The molecule has 10 heteroatoms. The summed E-state index contributed by atoms with van der Waals surface area (Å²) < 4.78 is 9.14. The normalized spacial score (nSPS) is 10.9. The lowest BCUT2D eigenvalue weighted by atomic mass is 10.1. The predicted molar refractivity (Wildman–Crippen MR) is 116 cm³/mol. The number of imidazole rings is 1. The molecule has 0 unspecified atom stereocenters. The van der Waals surface area contributed by atoms with E-state index in [0.717, 1.165) is 5.69 Å². The van der Waals surface area contributed by atoms with Crippen LogP contribution in [0.4, 0.5) is 5.95 Å². The maximum Gasteiger partial charge on any atom is 0.276 e. The lowest BCUT2D eigenvalue weighted by Gasteiger charge is -2.12. The van der Waals surface area contributed by atoms with Gasteiger partial charge in [0.15, 0.2) is 0 Å². The molecule has 164 valence electrons. The Balaban J connectivity index is 2.09. The molecular weight excluding hydrogens is 400 g/mol. The second-order valence-corrected chi connectivity index (χ2v) is 6.91. The van der Waals surface area contributed by atoms with Gasteiger partial charge >= 0.3 is 0 Å². The van der Waals surface area contributed by atoms with Crippen LogP contribution in [0.1, 0.15) is 39.9 Å². The van der Waals surface area contributed by atoms with E-state index in [9.17, 15) is 9.59 Å². The van der Waals surface area contributed by atoms with E-state index in [1.54, 1.807) is 27.5 Å². The van der Waals surface area contributed by atoms with Crippen molar-refractivity contribution in [1.29, 1.82) is 0 Å². The quantitative estimate of drug-likeness (QED) is 0.334. The smallest absolute Gasteiger partial charge is 0.276 e. The highest BCUT2D eigenvalue weighted by atomic mass is 16.5. The number of allylic oxidation sites excluding steroid dienone is 1. The van der Waals surface area contributed by atoms with Gasteiger partial charge in [-0.1, -0.05) is 6.08 Å². The Bertz CT molecular complexity index is 1130. The number of rotatable bonds is 10. The van der Waals surface area contributed by atoms with Crippen molar-refractivity contribution < 1.29 is 19.4 Å². The highest BCUT2D eigenvalue weighted by Gasteiger charge is 2.21. The van der Waals surface area contributed by atoms with Gasteiger partial charge in [-0.3, -0.25) is 19.6 Å². The van der Waals surface area contributed by atoms with Crippen LogP contribution in [0.5, 0.6) is 5.75 Å². The molecule has 2 amide bonds. The highest BCUT2D eigenvalue weighted by molar-refractivity contribution is 6.04. The summed E-state index contributed by atoms with van der Waals surface area (Å²) in [5.41, 5.74) is 7.85. The number of amides is 2. The number of aliphatic hydroxyl groups excluding tert-OH is 1. The third kappa shape index (κ3) is 4.58. The molecule has 2 heterocycles. The third-order valence-corrected chi connectivity index (χ3v) is 4.62. The number of aromatic nitrogens is 4. The fourth-order valence-corrected chi connectivity index (χ4v) is 3.27. The van der Waals surface area contributed by atoms with Crippen LogP contribution in [0.2, 0.25) is 0 Å². The number of carbonyl (C=O) groups excluding carboxylic acids is 2. The first-order chi connectivity index (χ1) is 14.9. The van der Waals surface area contributed by atoms with Gasteiger partial charge in [0.2, 0.25) is 11.9 Å². The molecule has 2 aromatic heterocycles. The van der Waals surface area contributed by atoms with Crippen molar-refractivity contribution in [2.75, 3.05) is 18.5 Å². The molecule has 0 atom stereocenters. The average molecular weight is 426 g/mol. The number of nitrogens with one attached hydrogen (secondary N) is 1. The molecule has 3 rings (SSSR count). The van der Waals surface area contributed by atoms with Crippen molar-refractivity contribution in [3.8, 4) is 5.75 Å². The number of aryl methyl sites for hydroxylation is 2. The van der Waals surface area contributed by atoms with Crippen LogP contribution in [0.25, 0.3) is 11.0 Å². The van der Waals surface area contributed by atoms with E-state index < -0.39 is 5.91 Å². The largest absolute Gasteiger partial charge is 0.491 e. The van der Waals surface area contributed by atoms with Crippen molar-refractivity contribution >= 4 is 28.8 Å². The van der Waals surface area contributed by atoms with Gasteiger partial charge in [0.05, 0.1) is 17.8 Å². The summed E-state index contributed by atoms with van der Waals surface area (Å²) in [7, 11) is 0. The summed E-state index contributed by atoms with van der Waals surface area (Å²) in [5.74, 6) is -0.333. The molecule has 0 saturated carbocycles. The van der Waals surface area contributed by atoms with Gasteiger partial charge in [0, 0.05) is 31.7 Å². The van der Waals surface area contributed by atoms with E-state index in [4.69, 9.17) is 15.6 Å². The van der Waals surface area contributed by atoms with E-state index >= 15 is 0 Å². The van der Waals surface area contributed by atoms with E-state index in [0.29, 0.717) is 42.0 Å². The molecule has 0 fully saturated rings. The lowest BCUT2D eigenvalue weighted by molar-refractivity contribution is 0.0995. The number of aliphatic hydroxyl groups is 1. The first kappa shape index (κ1) is 22.0. The summed E-state index contributed by atoms with van der Waals surface area (Å²) >= 11 is 0. The standard InChI is InChI=1S/C21H26N6O4/c1-4-7-26-18-15(11-14(19(22)29)12-17(18)31-9-6-8-28)23-21(26)24-20(30)16-10-13(3)25-27(16)5-2/h4,10-12,28H,1,5-9H2,2-3H3,(H2,22,29)(H,23,24,30). The SMILES string of the molecule is C=CCn1c(NC(=O)c2cc(C)nn2CC)nc2cc(C(N)=O)cc(OCCCO)c21.